The molecular formula is C21H29N3O4S2. The fraction of sp³-hybridized carbons (Fsp3) is 0.571. The molecule has 3 rings (SSSR count). The predicted octanol–water partition coefficient (Wildman–Crippen LogP) is 4.05. The Kier molecular flexibility index (Phi) is 9.20. The van der Waals surface area contributed by atoms with Gasteiger partial charge in [0.2, 0.25) is 0 Å². The van der Waals surface area contributed by atoms with Gasteiger partial charge >= 0.3 is 12.0 Å². The minimum Gasteiger partial charge on any atom is -0.492 e. The van der Waals surface area contributed by atoms with E-state index in [-0.39, 0.29) is 23.1 Å². The molecule has 0 spiro atoms. The first-order valence-corrected chi connectivity index (χ1v) is 12.3. The van der Waals surface area contributed by atoms with Gasteiger partial charge in [-0.1, -0.05) is 49.2 Å². The number of carbonyl (C=O) groups excluding carboxylic acids is 1. The zero-order valence-electron chi connectivity index (χ0n) is 17.0. The highest BCUT2D eigenvalue weighted by Gasteiger charge is 2.28. The van der Waals surface area contributed by atoms with Gasteiger partial charge in [0.05, 0.1) is 24.1 Å². The molecule has 1 aliphatic carbocycles. The first-order valence-electron chi connectivity index (χ1n) is 10.4. The number of amides is 2. The van der Waals surface area contributed by atoms with E-state index in [9.17, 15) is 9.59 Å². The van der Waals surface area contributed by atoms with Crippen LogP contribution in [0.2, 0.25) is 0 Å². The quantitative estimate of drug-likeness (QED) is 0.589. The summed E-state index contributed by atoms with van der Waals surface area (Å²) in [6.45, 7) is 1.56. The first-order chi connectivity index (χ1) is 14.6. The number of aliphatic imine (C=N–C) groups is 1. The van der Waals surface area contributed by atoms with Gasteiger partial charge in [0.1, 0.15) is 12.4 Å². The van der Waals surface area contributed by atoms with E-state index in [2.05, 4.69) is 10.3 Å². The smallest absolute Gasteiger partial charge is 0.323 e. The molecule has 1 saturated carbocycles. The van der Waals surface area contributed by atoms with Crippen molar-refractivity contribution in [2.45, 2.75) is 49.1 Å². The van der Waals surface area contributed by atoms with Crippen LogP contribution in [0.5, 0.6) is 5.75 Å². The highest BCUT2D eigenvalue weighted by Crippen LogP contribution is 2.30. The Balaban J connectivity index is 1.49. The molecule has 1 aliphatic heterocycles. The van der Waals surface area contributed by atoms with Crippen LogP contribution in [-0.2, 0) is 4.79 Å². The zero-order chi connectivity index (χ0) is 21.2. The van der Waals surface area contributed by atoms with Crippen molar-refractivity contribution in [1.29, 1.82) is 0 Å². The Morgan fingerprint density at radius 2 is 2.00 bits per heavy atom. The number of hydrogen-bond acceptors (Lipinski definition) is 6. The zero-order valence-corrected chi connectivity index (χ0v) is 18.6. The molecule has 7 nitrogen and oxygen atoms in total. The van der Waals surface area contributed by atoms with Crippen LogP contribution in [0.25, 0.3) is 0 Å². The number of ether oxygens (including phenoxy) is 1. The third kappa shape index (κ3) is 7.43. The van der Waals surface area contributed by atoms with Crippen LogP contribution in [0.3, 0.4) is 0 Å². The SMILES string of the molecule is O=C(O)CCSC1CN=C(NC(=O)N(CCOc2ccccc2)C2CCCCC2)S1. The number of urea groups is 1. The number of amidine groups is 1. The van der Waals surface area contributed by atoms with E-state index in [1.54, 1.807) is 11.8 Å². The van der Waals surface area contributed by atoms with Crippen molar-refractivity contribution in [2.24, 2.45) is 4.99 Å². The molecule has 1 atom stereocenters. The summed E-state index contributed by atoms with van der Waals surface area (Å²) in [5, 5.41) is 12.4. The molecule has 2 amide bonds. The second kappa shape index (κ2) is 12.1. The molecular weight excluding hydrogens is 422 g/mol. The Labute approximate surface area is 186 Å². The van der Waals surface area contributed by atoms with Crippen molar-refractivity contribution in [3.05, 3.63) is 30.3 Å². The van der Waals surface area contributed by atoms with E-state index in [0.29, 0.717) is 30.6 Å². The summed E-state index contributed by atoms with van der Waals surface area (Å²) in [5.74, 6) is 0.564. The van der Waals surface area contributed by atoms with Gasteiger partial charge in [0, 0.05) is 11.8 Å². The summed E-state index contributed by atoms with van der Waals surface area (Å²) in [5.41, 5.74) is 0. The summed E-state index contributed by atoms with van der Waals surface area (Å²) in [4.78, 5) is 30.0. The van der Waals surface area contributed by atoms with Gasteiger partial charge in [-0.25, -0.2) is 4.79 Å². The minimum atomic E-state index is -0.791. The Morgan fingerprint density at radius 1 is 1.23 bits per heavy atom. The second-order valence-electron chi connectivity index (χ2n) is 7.28. The molecule has 1 aromatic rings. The lowest BCUT2D eigenvalue weighted by molar-refractivity contribution is -0.136. The maximum atomic E-state index is 13.0. The standard InChI is InChI=1S/C21H29N3O4S2/c25-18(26)11-14-29-19-15-22-20(30-19)23-21(27)24(16-7-3-1-4-8-16)12-13-28-17-9-5-2-6-10-17/h2,5-6,9-10,16,19H,1,3-4,7-8,11-15H2,(H,25,26)(H,22,23,27). The molecule has 1 fully saturated rings. The van der Waals surface area contributed by atoms with Crippen LogP contribution in [0.1, 0.15) is 38.5 Å². The lowest BCUT2D eigenvalue weighted by atomic mass is 9.94. The van der Waals surface area contributed by atoms with E-state index >= 15 is 0 Å². The molecule has 1 unspecified atom stereocenters. The van der Waals surface area contributed by atoms with Crippen LogP contribution < -0.4 is 10.1 Å². The topological polar surface area (TPSA) is 91.2 Å². The third-order valence-electron chi connectivity index (χ3n) is 5.08. The molecule has 9 heteroatoms. The molecule has 0 aromatic heterocycles. The maximum absolute atomic E-state index is 13.0. The fourth-order valence-corrected chi connectivity index (χ4v) is 5.84. The largest absolute Gasteiger partial charge is 0.492 e. The van der Waals surface area contributed by atoms with Crippen LogP contribution in [0, 0.1) is 0 Å². The van der Waals surface area contributed by atoms with Crippen molar-refractivity contribution in [3.8, 4) is 5.75 Å². The van der Waals surface area contributed by atoms with Gasteiger partial charge in [-0.2, -0.15) is 0 Å². The Morgan fingerprint density at radius 3 is 2.73 bits per heavy atom. The molecule has 0 bridgehead atoms. The van der Waals surface area contributed by atoms with Crippen LogP contribution in [0.15, 0.2) is 35.3 Å². The van der Waals surface area contributed by atoms with Gasteiger partial charge in [-0.3, -0.25) is 15.1 Å². The van der Waals surface area contributed by atoms with Crippen molar-refractivity contribution in [3.63, 3.8) is 0 Å². The van der Waals surface area contributed by atoms with Gasteiger partial charge in [-0.05, 0) is 25.0 Å². The lowest BCUT2D eigenvalue weighted by Crippen LogP contribution is -2.49. The molecule has 2 N–H and O–H groups in total. The van der Waals surface area contributed by atoms with Gasteiger partial charge < -0.3 is 14.7 Å². The lowest BCUT2D eigenvalue weighted by Gasteiger charge is -2.34. The summed E-state index contributed by atoms with van der Waals surface area (Å²) in [6, 6.07) is 9.74. The summed E-state index contributed by atoms with van der Waals surface area (Å²) < 4.78 is 5.98. The van der Waals surface area contributed by atoms with Gasteiger partial charge in [0.15, 0.2) is 5.17 Å². The third-order valence-corrected chi connectivity index (χ3v) is 7.61. The van der Waals surface area contributed by atoms with E-state index in [0.717, 1.165) is 31.4 Å². The molecule has 2 aliphatic rings. The molecule has 1 heterocycles. The van der Waals surface area contributed by atoms with Crippen LogP contribution >= 0.6 is 23.5 Å². The van der Waals surface area contributed by atoms with Gasteiger partial charge in [-0.15, -0.1) is 11.8 Å². The van der Waals surface area contributed by atoms with Gasteiger partial charge in [0.25, 0.3) is 0 Å². The minimum absolute atomic E-state index is 0.124. The van der Waals surface area contributed by atoms with E-state index in [4.69, 9.17) is 9.84 Å². The number of rotatable bonds is 9. The van der Waals surface area contributed by atoms with E-state index in [1.807, 2.05) is 35.2 Å². The molecule has 164 valence electrons. The number of hydrogen-bond donors (Lipinski definition) is 2. The van der Waals surface area contributed by atoms with Crippen LogP contribution in [-0.4, -0.2) is 63.2 Å². The van der Waals surface area contributed by atoms with Crippen LogP contribution in [0.4, 0.5) is 4.79 Å². The number of para-hydroxylation sites is 1. The number of benzene rings is 1. The number of carboxylic acids is 1. The predicted molar refractivity (Wildman–Crippen MR) is 122 cm³/mol. The number of carbonyl (C=O) groups is 2. The molecule has 30 heavy (non-hydrogen) atoms. The average molecular weight is 452 g/mol. The van der Waals surface area contributed by atoms with Crippen molar-refractivity contribution in [2.75, 3.05) is 25.4 Å². The molecule has 1 aromatic carbocycles. The Bertz CT molecular complexity index is 726. The van der Waals surface area contributed by atoms with E-state index in [1.165, 1.54) is 18.2 Å². The molecule has 0 saturated heterocycles. The van der Waals surface area contributed by atoms with Crippen molar-refractivity contribution < 1.29 is 19.4 Å². The fourth-order valence-electron chi connectivity index (χ4n) is 3.57. The summed E-state index contributed by atoms with van der Waals surface area (Å²) in [6.07, 6.45) is 5.70. The number of aliphatic carboxylic acids is 1. The van der Waals surface area contributed by atoms with E-state index < -0.39 is 5.97 Å². The highest BCUT2D eigenvalue weighted by molar-refractivity contribution is 8.25. The normalized spacial score (nSPS) is 19.2. The number of thioether (sulfide) groups is 2. The summed E-state index contributed by atoms with van der Waals surface area (Å²) in [7, 11) is 0. The first kappa shape index (κ1) is 22.8. The highest BCUT2D eigenvalue weighted by atomic mass is 32.2. The van der Waals surface area contributed by atoms with Crippen molar-refractivity contribution in [1.82, 2.24) is 10.2 Å². The maximum Gasteiger partial charge on any atom is 0.323 e. The Hall–Kier alpha value is -1.87. The second-order valence-corrected chi connectivity index (χ2v) is 10.1. The average Bonchev–Trinajstić information content (AvgIpc) is 3.19. The van der Waals surface area contributed by atoms with Crippen molar-refractivity contribution >= 4 is 40.7 Å². The number of carboxylic acid groups (broad SMARTS) is 1. The summed E-state index contributed by atoms with van der Waals surface area (Å²) >= 11 is 3.08. The molecule has 0 radical (unpaired) electrons. The monoisotopic (exact) mass is 451 g/mol. The number of nitrogens with zero attached hydrogens (tertiary/aromatic N) is 2. The number of nitrogens with one attached hydrogen (secondary N) is 1.